The van der Waals surface area contributed by atoms with E-state index in [1.54, 1.807) is 6.20 Å². The van der Waals surface area contributed by atoms with Crippen molar-refractivity contribution in [3.8, 4) is 11.6 Å². The molecule has 4 rings (SSSR count). The van der Waals surface area contributed by atoms with Crippen molar-refractivity contribution in [2.24, 2.45) is 0 Å². The number of pyridine rings is 1. The van der Waals surface area contributed by atoms with Crippen molar-refractivity contribution in [1.82, 2.24) is 9.88 Å². The SMILES string of the molecule is CS(=O)(=O)C1CCN(Cc2ccc(C3COc4cccnc4O3)cc2)CC1. The maximum absolute atomic E-state index is 11.7. The van der Waals surface area contributed by atoms with E-state index in [-0.39, 0.29) is 11.4 Å². The van der Waals surface area contributed by atoms with Gasteiger partial charge in [-0.15, -0.1) is 0 Å². The molecule has 2 aliphatic heterocycles. The average molecular weight is 388 g/mol. The van der Waals surface area contributed by atoms with Gasteiger partial charge < -0.3 is 9.47 Å². The molecule has 0 bridgehead atoms. The molecule has 1 unspecified atom stereocenters. The largest absolute Gasteiger partial charge is 0.484 e. The number of aromatic nitrogens is 1. The molecule has 7 heteroatoms. The molecule has 1 fully saturated rings. The van der Waals surface area contributed by atoms with Gasteiger partial charge in [-0.05, 0) is 49.2 Å². The normalized spacial score (nSPS) is 21.1. The Morgan fingerprint density at radius 3 is 2.59 bits per heavy atom. The molecule has 6 nitrogen and oxygen atoms in total. The third-order valence-corrected chi connectivity index (χ3v) is 6.96. The Bertz CT molecular complexity index is 890. The van der Waals surface area contributed by atoms with Crippen LogP contribution >= 0.6 is 0 Å². The lowest BCUT2D eigenvalue weighted by Gasteiger charge is -2.31. The minimum Gasteiger partial charge on any atom is -0.484 e. The van der Waals surface area contributed by atoms with Crippen molar-refractivity contribution < 1.29 is 17.9 Å². The summed E-state index contributed by atoms with van der Waals surface area (Å²) in [5, 5.41) is -0.184. The van der Waals surface area contributed by atoms with E-state index in [2.05, 4.69) is 34.1 Å². The van der Waals surface area contributed by atoms with Crippen LogP contribution in [0.4, 0.5) is 0 Å². The lowest BCUT2D eigenvalue weighted by molar-refractivity contribution is 0.0851. The monoisotopic (exact) mass is 388 g/mol. The maximum Gasteiger partial charge on any atom is 0.257 e. The molecule has 0 spiro atoms. The van der Waals surface area contributed by atoms with Crippen LogP contribution in [0.5, 0.6) is 11.6 Å². The number of hydrogen-bond donors (Lipinski definition) is 0. The number of likely N-dealkylation sites (tertiary alicyclic amines) is 1. The number of piperidine rings is 1. The van der Waals surface area contributed by atoms with Crippen LogP contribution in [0, 0.1) is 0 Å². The van der Waals surface area contributed by atoms with E-state index >= 15 is 0 Å². The van der Waals surface area contributed by atoms with Crippen LogP contribution in [0.15, 0.2) is 42.6 Å². The summed E-state index contributed by atoms with van der Waals surface area (Å²) >= 11 is 0. The molecule has 0 saturated carbocycles. The first-order chi connectivity index (χ1) is 13.0. The first-order valence-electron chi connectivity index (χ1n) is 9.23. The van der Waals surface area contributed by atoms with Crippen LogP contribution in [0.3, 0.4) is 0 Å². The van der Waals surface area contributed by atoms with Crippen LogP contribution in [0.25, 0.3) is 0 Å². The number of sulfone groups is 1. The number of hydrogen-bond acceptors (Lipinski definition) is 6. The number of benzene rings is 1. The number of ether oxygens (including phenoxy) is 2. The first kappa shape index (κ1) is 18.3. The predicted molar refractivity (Wildman–Crippen MR) is 103 cm³/mol. The summed E-state index contributed by atoms with van der Waals surface area (Å²) < 4.78 is 35.0. The van der Waals surface area contributed by atoms with Gasteiger partial charge >= 0.3 is 0 Å². The number of rotatable bonds is 4. The third kappa shape index (κ3) is 4.25. The van der Waals surface area contributed by atoms with Crippen molar-refractivity contribution >= 4 is 9.84 Å². The summed E-state index contributed by atoms with van der Waals surface area (Å²) in [7, 11) is -2.92. The van der Waals surface area contributed by atoms with Crippen LogP contribution in [-0.4, -0.2) is 49.5 Å². The highest BCUT2D eigenvalue weighted by Crippen LogP contribution is 2.34. The summed E-state index contributed by atoms with van der Waals surface area (Å²) in [6.45, 7) is 2.95. The number of fused-ring (bicyclic) bond motifs is 1. The fraction of sp³-hybridized carbons (Fsp3) is 0.450. The molecule has 1 aromatic heterocycles. The van der Waals surface area contributed by atoms with Crippen molar-refractivity contribution in [1.29, 1.82) is 0 Å². The molecule has 3 heterocycles. The van der Waals surface area contributed by atoms with E-state index in [9.17, 15) is 8.42 Å². The lowest BCUT2D eigenvalue weighted by Crippen LogP contribution is -2.38. The Balaban J connectivity index is 1.35. The van der Waals surface area contributed by atoms with Crippen LogP contribution in [0.2, 0.25) is 0 Å². The average Bonchev–Trinajstić information content (AvgIpc) is 2.68. The quantitative estimate of drug-likeness (QED) is 0.802. The molecular formula is C20H24N2O4S. The molecule has 1 saturated heterocycles. The zero-order valence-electron chi connectivity index (χ0n) is 15.4. The summed E-state index contributed by atoms with van der Waals surface area (Å²) in [6.07, 6.45) is 4.32. The molecule has 0 amide bonds. The van der Waals surface area contributed by atoms with Gasteiger partial charge in [0, 0.05) is 19.0 Å². The zero-order valence-corrected chi connectivity index (χ0v) is 16.2. The van der Waals surface area contributed by atoms with Crippen molar-refractivity contribution in [3.05, 3.63) is 53.7 Å². The van der Waals surface area contributed by atoms with Gasteiger partial charge in [0.1, 0.15) is 16.4 Å². The minimum atomic E-state index is -2.92. The van der Waals surface area contributed by atoms with Crippen molar-refractivity contribution in [2.45, 2.75) is 30.7 Å². The van der Waals surface area contributed by atoms with Crippen molar-refractivity contribution in [2.75, 3.05) is 26.0 Å². The summed E-state index contributed by atoms with van der Waals surface area (Å²) in [5.41, 5.74) is 2.28. The molecule has 0 aliphatic carbocycles. The van der Waals surface area contributed by atoms with Crippen LogP contribution in [0.1, 0.15) is 30.1 Å². The van der Waals surface area contributed by atoms with Crippen molar-refractivity contribution in [3.63, 3.8) is 0 Å². The van der Waals surface area contributed by atoms with Gasteiger partial charge in [-0.2, -0.15) is 0 Å². The Morgan fingerprint density at radius 1 is 1.15 bits per heavy atom. The van der Waals surface area contributed by atoms with E-state index in [0.717, 1.165) is 38.0 Å². The summed E-state index contributed by atoms with van der Waals surface area (Å²) in [5.74, 6) is 1.22. The molecular weight excluding hydrogens is 364 g/mol. The van der Waals surface area contributed by atoms with Gasteiger partial charge in [0.15, 0.2) is 11.9 Å². The zero-order chi connectivity index (χ0) is 18.9. The lowest BCUT2D eigenvalue weighted by atomic mass is 10.1. The van der Waals surface area contributed by atoms with Gasteiger partial charge in [0.2, 0.25) is 0 Å². The second kappa shape index (κ2) is 7.48. The second-order valence-corrected chi connectivity index (χ2v) is 9.60. The van der Waals surface area contributed by atoms with Gasteiger partial charge in [0.05, 0.1) is 5.25 Å². The Kier molecular flexibility index (Phi) is 5.06. The molecule has 144 valence electrons. The molecule has 2 aromatic rings. The smallest absolute Gasteiger partial charge is 0.257 e. The topological polar surface area (TPSA) is 68.7 Å². The van der Waals surface area contributed by atoms with E-state index < -0.39 is 9.84 Å². The fourth-order valence-corrected chi connectivity index (χ4v) is 4.73. The highest BCUT2D eigenvalue weighted by Gasteiger charge is 2.27. The fourth-order valence-electron chi connectivity index (χ4n) is 3.66. The first-order valence-corrected chi connectivity index (χ1v) is 11.2. The van der Waals surface area contributed by atoms with E-state index in [4.69, 9.17) is 9.47 Å². The molecule has 27 heavy (non-hydrogen) atoms. The van der Waals surface area contributed by atoms with E-state index in [1.807, 2.05) is 12.1 Å². The minimum absolute atomic E-state index is 0.160. The summed E-state index contributed by atoms with van der Waals surface area (Å²) in [4.78, 5) is 6.53. The Morgan fingerprint density at radius 2 is 1.89 bits per heavy atom. The Labute approximate surface area is 160 Å². The molecule has 2 aliphatic rings. The van der Waals surface area contributed by atoms with Crippen LogP contribution < -0.4 is 9.47 Å². The highest BCUT2D eigenvalue weighted by atomic mass is 32.2. The molecule has 1 aromatic carbocycles. The molecule has 0 N–H and O–H groups in total. The standard InChI is InChI=1S/C20H24N2O4S/c1-27(23,24)17-8-11-22(12-9-17)13-15-4-6-16(7-5-15)19-14-25-18-3-2-10-21-20(18)26-19/h2-7,10,17,19H,8-9,11-14H2,1H3. The summed E-state index contributed by atoms with van der Waals surface area (Å²) in [6, 6.07) is 12.0. The third-order valence-electron chi connectivity index (χ3n) is 5.28. The van der Waals surface area contributed by atoms with E-state index in [1.165, 1.54) is 11.8 Å². The predicted octanol–water partition coefficient (Wildman–Crippen LogP) is 2.60. The highest BCUT2D eigenvalue weighted by molar-refractivity contribution is 7.91. The van der Waals surface area contributed by atoms with Gasteiger partial charge in [-0.1, -0.05) is 24.3 Å². The van der Waals surface area contributed by atoms with Gasteiger partial charge in [-0.25, -0.2) is 13.4 Å². The Hall–Kier alpha value is -2.12. The van der Waals surface area contributed by atoms with Crippen LogP contribution in [-0.2, 0) is 16.4 Å². The molecule has 1 atom stereocenters. The maximum atomic E-state index is 11.7. The molecule has 0 radical (unpaired) electrons. The second-order valence-electron chi connectivity index (χ2n) is 7.27. The van der Waals surface area contributed by atoms with E-state index in [0.29, 0.717) is 18.2 Å². The van der Waals surface area contributed by atoms with Gasteiger partial charge in [0.25, 0.3) is 5.88 Å². The van der Waals surface area contributed by atoms with Gasteiger partial charge in [-0.3, -0.25) is 4.90 Å². The number of nitrogens with zero attached hydrogens (tertiary/aromatic N) is 2.